The molecule has 2 saturated carbocycles. The van der Waals surface area contributed by atoms with Gasteiger partial charge in [0.05, 0.1) is 18.3 Å². The average Bonchev–Trinajstić information content (AvgIpc) is 3.78. The van der Waals surface area contributed by atoms with Crippen molar-refractivity contribution in [2.24, 2.45) is 11.8 Å². The van der Waals surface area contributed by atoms with E-state index in [2.05, 4.69) is 10.1 Å². The van der Waals surface area contributed by atoms with Crippen LogP contribution in [0.5, 0.6) is 0 Å². The summed E-state index contributed by atoms with van der Waals surface area (Å²) in [7, 11) is 0. The molecule has 0 spiro atoms. The number of alkyl halides is 3. The Morgan fingerprint density at radius 3 is 2.71 bits per heavy atom. The molecule has 4 heterocycles. The van der Waals surface area contributed by atoms with Gasteiger partial charge in [-0.05, 0) is 74.8 Å². The number of halogens is 3. The van der Waals surface area contributed by atoms with Crippen LogP contribution in [0.15, 0.2) is 51.4 Å². The van der Waals surface area contributed by atoms with Crippen LogP contribution in [-0.2, 0) is 17.5 Å². The highest BCUT2D eigenvalue weighted by Gasteiger charge is 2.63. The number of hydrogen-bond donors (Lipinski definition) is 1. The molecule has 8 rings (SSSR count). The molecule has 2 aromatic heterocycles. The molecule has 1 N–H and O–H groups in total. The van der Waals surface area contributed by atoms with Crippen LogP contribution >= 0.6 is 0 Å². The van der Waals surface area contributed by atoms with E-state index in [4.69, 9.17) is 13.7 Å². The fourth-order valence-corrected chi connectivity index (χ4v) is 7.69. The number of aryl methyl sites for hydroxylation is 1. The van der Waals surface area contributed by atoms with Crippen LogP contribution in [0.1, 0.15) is 71.0 Å². The highest BCUT2D eigenvalue weighted by molar-refractivity contribution is 5.94. The first-order chi connectivity index (χ1) is 20.2. The summed E-state index contributed by atoms with van der Waals surface area (Å²) in [4.78, 5) is 14.0. The predicted molar refractivity (Wildman–Crippen MR) is 146 cm³/mol. The van der Waals surface area contributed by atoms with Gasteiger partial charge < -0.3 is 23.7 Å². The van der Waals surface area contributed by atoms with Crippen LogP contribution < -0.4 is 4.90 Å². The normalized spacial score (nSPS) is 26.6. The van der Waals surface area contributed by atoms with Crippen molar-refractivity contribution in [3.05, 3.63) is 70.7 Å². The van der Waals surface area contributed by atoms with Gasteiger partial charge in [0.2, 0.25) is 5.76 Å². The fourth-order valence-electron chi connectivity index (χ4n) is 7.69. The lowest BCUT2D eigenvalue weighted by Gasteiger charge is -2.37. The average molecular weight is 579 g/mol. The van der Waals surface area contributed by atoms with Gasteiger partial charge in [-0.2, -0.15) is 13.2 Å². The summed E-state index contributed by atoms with van der Waals surface area (Å²) in [6, 6.07) is 11.6. The maximum absolute atomic E-state index is 13.9. The lowest BCUT2D eigenvalue weighted by atomic mass is 9.99. The number of furan rings is 1. The second kappa shape index (κ2) is 9.10. The Hall–Kier alpha value is -3.79. The Bertz CT molecular complexity index is 1720. The van der Waals surface area contributed by atoms with Crippen LogP contribution in [0, 0.1) is 18.8 Å². The largest absolute Gasteiger partial charge is 0.475 e. The van der Waals surface area contributed by atoms with E-state index in [0.717, 1.165) is 54.8 Å². The smallest absolute Gasteiger partial charge is 0.417 e. The number of ether oxygens (including phenoxy) is 1. The van der Waals surface area contributed by atoms with E-state index in [0.29, 0.717) is 34.8 Å². The van der Waals surface area contributed by atoms with Gasteiger partial charge in [-0.3, -0.25) is 0 Å². The van der Waals surface area contributed by atoms with E-state index in [1.54, 1.807) is 12.1 Å². The van der Waals surface area contributed by atoms with Crippen LogP contribution in [0.4, 0.5) is 18.9 Å². The maximum atomic E-state index is 13.9. The number of rotatable bonds is 7. The second-order valence-corrected chi connectivity index (χ2v) is 12.2. The topological polar surface area (TPSA) is 88.9 Å². The first kappa shape index (κ1) is 25.9. The third-order valence-corrected chi connectivity index (χ3v) is 9.79. The van der Waals surface area contributed by atoms with E-state index < -0.39 is 17.7 Å². The number of fused-ring (bicyclic) bond motifs is 5. The maximum Gasteiger partial charge on any atom is 0.417 e. The number of nitrogens with zero attached hydrogens (tertiary/aromatic N) is 2. The van der Waals surface area contributed by atoms with Crippen molar-refractivity contribution in [1.29, 1.82) is 0 Å². The van der Waals surface area contributed by atoms with Gasteiger partial charge in [0.1, 0.15) is 17.0 Å². The zero-order valence-electron chi connectivity index (χ0n) is 22.9. The molecule has 42 heavy (non-hydrogen) atoms. The highest BCUT2D eigenvalue weighted by atomic mass is 19.4. The molecule has 4 aromatic rings. The Morgan fingerprint density at radius 1 is 1.14 bits per heavy atom. The Balaban J connectivity index is 1.06. The zero-order chi connectivity index (χ0) is 28.9. The molecule has 5 unspecified atom stereocenters. The van der Waals surface area contributed by atoms with E-state index in [1.165, 1.54) is 12.1 Å². The van der Waals surface area contributed by atoms with E-state index in [1.807, 2.05) is 19.1 Å². The molecule has 4 fully saturated rings. The van der Waals surface area contributed by atoms with Crippen LogP contribution in [0.2, 0.25) is 0 Å². The van der Waals surface area contributed by atoms with Crippen LogP contribution in [0.25, 0.3) is 22.2 Å². The molecule has 5 atom stereocenters. The van der Waals surface area contributed by atoms with E-state index >= 15 is 0 Å². The van der Waals surface area contributed by atoms with Gasteiger partial charge in [0.25, 0.3) is 0 Å². The predicted octanol–water partition coefficient (Wildman–Crippen LogP) is 7.56. The summed E-state index contributed by atoms with van der Waals surface area (Å²) < 4.78 is 59.3. The molecule has 2 aliphatic heterocycles. The first-order valence-electron chi connectivity index (χ1n) is 14.5. The number of carboxylic acid groups (broad SMARTS) is 1. The summed E-state index contributed by atoms with van der Waals surface area (Å²) in [5.41, 5.74) is 2.81. The van der Waals surface area contributed by atoms with Crippen molar-refractivity contribution in [2.45, 2.75) is 75.9 Å². The number of aromatic nitrogens is 1. The molecule has 10 heteroatoms. The monoisotopic (exact) mass is 578 g/mol. The van der Waals surface area contributed by atoms with E-state index in [-0.39, 0.29) is 41.7 Å². The SMILES string of the molecule is Cc1c(N2C3CCC2C2C(C3)C2OCc2c(-c3ccccc3C(F)(F)F)noc2C2CC2)ccc2oc(C(=O)O)cc12. The van der Waals surface area contributed by atoms with Crippen LogP contribution in [-0.4, -0.2) is 34.4 Å². The molecule has 2 bridgehead atoms. The molecule has 0 radical (unpaired) electrons. The number of hydrogen-bond acceptors (Lipinski definition) is 6. The number of carbonyl (C=O) groups is 1. The lowest BCUT2D eigenvalue weighted by Crippen LogP contribution is -2.41. The molecule has 4 aliphatic rings. The first-order valence-corrected chi connectivity index (χ1v) is 14.5. The third kappa shape index (κ3) is 3.98. The van der Waals surface area contributed by atoms with Gasteiger partial charge in [-0.15, -0.1) is 0 Å². The van der Waals surface area contributed by atoms with Gasteiger partial charge in [0.15, 0.2) is 0 Å². The molecule has 2 aromatic carbocycles. The standard InChI is InChI=1S/C32H29F3N2O5/c1-15-19-13-26(31(38)39)41-25(19)11-10-23(15)37-17-8-9-24(37)27-20(12-17)30(27)40-14-21-28(36-42-29(21)16-6-7-16)18-4-2-3-5-22(18)32(33,34)35/h2-5,10-11,13,16-17,20,24,27,30H,6-9,12,14H2,1H3,(H,38,39). The van der Waals surface area contributed by atoms with Crippen molar-refractivity contribution in [1.82, 2.24) is 5.16 Å². The highest BCUT2D eigenvalue weighted by Crippen LogP contribution is 2.59. The Kier molecular flexibility index (Phi) is 5.61. The van der Waals surface area contributed by atoms with Gasteiger partial charge >= 0.3 is 12.1 Å². The van der Waals surface area contributed by atoms with Crippen molar-refractivity contribution >= 4 is 22.6 Å². The molecule has 0 amide bonds. The number of carboxylic acids is 1. The lowest BCUT2D eigenvalue weighted by molar-refractivity contribution is -0.137. The van der Waals surface area contributed by atoms with Gasteiger partial charge in [-0.1, -0.05) is 23.4 Å². The van der Waals surface area contributed by atoms with Crippen molar-refractivity contribution in [3.8, 4) is 11.3 Å². The molecule has 2 aliphatic carbocycles. The Labute approximate surface area is 239 Å². The van der Waals surface area contributed by atoms with Crippen LogP contribution in [0.3, 0.4) is 0 Å². The number of anilines is 1. The second-order valence-electron chi connectivity index (χ2n) is 12.2. The van der Waals surface area contributed by atoms with E-state index in [9.17, 15) is 23.1 Å². The summed E-state index contributed by atoms with van der Waals surface area (Å²) in [5.74, 6) is 0.406. The van der Waals surface area contributed by atoms with Crippen molar-refractivity contribution in [2.75, 3.05) is 4.90 Å². The summed E-state index contributed by atoms with van der Waals surface area (Å²) in [6.45, 7) is 2.18. The number of benzene rings is 2. The molecule has 218 valence electrons. The molecular formula is C32H29F3N2O5. The van der Waals surface area contributed by atoms with Crippen molar-refractivity contribution in [3.63, 3.8) is 0 Å². The number of piperidine rings is 1. The molecular weight excluding hydrogens is 549 g/mol. The quantitative estimate of drug-likeness (QED) is 0.242. The zero-order valence-corrected chi connectivity index (χ0v) is 22.9. The third-order valence-electron chi connectivity index (χ3n) is 9.79. The van der Waals surface area contributed by atoms with Gasteiger partial charge in [-0.25, -0.2) is 4.79 Å². The summed E-state index contributed by atoms with van der Waals surface area (Å²) in [6.07, 6.45) is 0.497. The van der Waals surface area contributed by atoms with Crippen molar-refractivity contribution < 1.29 is 36.7 Å². The minimum Gasteiger partial charge on any atom is -0.475 e. The Morgan fingerprint density at radius 2 is 1.95 bits per heavy atom. The molecule has 2 saturated heterocycles. The minimum atomic E-state index is -4.51. The fraction of sp³-hybridized carbons (Fsp3) is 0.438. The minimum absolute atomic E-state index is 0.0204. The number of aromatic carboxylic acids is 1. The summed E-state index contributed by atoms with van der Waals surface area (Å²) in [5, 5.41) is 14.3. The molecule has 7 nitrogen and oxygen atoms in total. The van der Waals surface area contributed by atoms with Gasteiger partial charge in [0, 0.05) is 46.1 Å². The summed E-state index contributed by atoms with van der Waals surface area (Å²) >= 11 is 0.